The van der Waals surface area contributed by atoms with Gasteiger partial charge in [0.25, 0.3) is 0 Å². The first-order valence-electron chi connectivity index (χ1n) is 21.1. The summed E-state index contributed by atoms with van der Waals surface area (Å²) in [6.45, 7) is 7.30. The van der Waals surface area contributed by atoms with Gasteiger partial charge >= 0.3 is 0 Å². The fourth-order valence-corrected chi connectivity index (χ4v) is 9.55. The summed E-state index contributed by atoms with van der Waals surface area (Å²) >= 11 is 4.96. The number of carbonyl (C=O) groups is 4. The SMILES string of the molecule is CNc1cc(-c2ccc3cc(C#N)cnn23)ncc1-c1nnc([C@H]2CC[C@H](NC(=O)CCC(=O)N[C@H](C(=O)N3C[C@H](O)C[C@H]3C(=O)N[C@@H](C)c3ccc(Br)cc3)C(C)(C)C)CC2)s1. The summed E-state index contributed by atoms with van der Waals surface area (Å²) in [5.41, 5.74) is 4.64. The number of halogens is 1. The number of aromatic nitrogens is 5. The van der Waals surface area contributed by atoms with Crippen LogP contribution in [0.3, 0.4) is 0 Å². The number of pyridine rings is 1. The molecule has 4 amide bonds. The van der Waals surface area contributed by atoms with Crippen molar-refractivity contribution in [3.8, 4) is 28.0 Å². The van der Waals surface area contributed by atoms with Crippen molar-refractivity contribution in [1.29, 1.82) is 5.26 Å². The summed E-state index contributed by atoms with van der Waals surface area (Å²) in [7, 11) is 1.85. The molecule has 0 bridgehead atoms. The van der Waals surface area contributed by atoms with E-state index in [0.717, 1.165) is 68.2 Å². The van der Waals surface area contributed by atoms with Gasteiger partial charge in [0.2, 0.25) is 23.6 Å². The number of likely N-dealkylation sites (tertiary alicyclic amines) is 1. The van der Waals surface area contributed by atoms with Crippen molar-refractivity contribution in [1.82, 2.24) is 45.6 Å². The summed E-state index contributed by atoms with van der Waals surface area (Å²) in [6, 6.07) is 15.0. The Balaban J connectivity index is 0.889. The molecule has 2 fully saturated rings. The van der Waals surface area contributed by atoms with Crippen LogP contribution in [0, 0.1) is 16.7 Å². The molecule has 0 radical (unpaired) electrons. The molecule has 2 aliphatic rings. The Morgan fingerprint density at radius 1 is 0.984 bits per heavy atom. The standard InChI is InChI=1S/C45H52BrN11O5S/c1-25(27-6-10-29(46)11-7-27)51-41(61)37-19-32(58)24-56(37)44(62)40(45(2,3)4)53-39(60)17-16-38(59)52-30-12-8-28(9-13-30)42-54-55-43(63-42)33-23-49-35(20-34(33)48-5)36-15-14-31-18-26(21-47)22-50-57(31)36/h6-7,10-11,14-15,18,20,22-23,25,28,30,32,37,40,58H,8-9,12-13,16-17,19,24H2,1-5H3,(H,48,49)(H,51,61)(H,52,59)(H,53,60)/t25-,28-,30-,32+,37-,40+/m0/s1. The van der Waals surface area contributed by atoms with Crippen molar-refractivity contribution in [3.05, 3.63) is 81.5 Å². The van der Waals surface area contributed by atoms with E-state index in [1.807, 2.05) is 77.2 Å². The van der Waals surface area contributed by atoms with Gasteiger partial charge in [-0.15, -0.1) is 10.2 Å². The number of hydrogen-bond acceptors (Lipinski definition) is 12. The third-order valence-corrected chi connectivity index (χ3v) is 13.4. The van der Waals surface area contributed by atoms with Crippen molar-refractivity contribution >= 4 is 62.1 Å². The molecule has 5 heterocycles. The van der Waals surface area contributed by atoms with E-state index in [4.69, 9.17) is 4.98 Å². The van der Waals surface area contributed by atoms with E-state index in [1.165, 1.54) is 22.4 Å². The lowest BCUT2D eigenvalue weighted by Crippen LogP contribution is -2.57. The minimum atomic E-state index is -0.988. The van der Waals surface area contributed by atoms with Crippen molar-refractivity contribution < 1.29 is 24.3 Å². The quantitative estimate of drug-likeness (QED) is 0.0938. The number of aliphatic hydroxyl groups excluding tert-OH is 1. The number of β-amino-alcohol motifs (C(OH)–C–C–N with tert-alkyl or cyclic N) is 1. The van der Waals surface area contributed by atoms with Gasteiger partial charge in [-0.25, -0.2) is 4.52 Å². The number of aliphatic hydroxyl groups is 1. The van der Waals surface area contributed by atoms with Crippen LogP contribution in [0.2, 0.25) is 0 Å². The monoisotopic (exact) mass is 937 g/mol. The minimum absolute atomic E-state index is 0.0294. The Hall–Kier alpha value is -5.77. The van der Waals surface area contributed by atoms with Crippen molar-refractivity contribution in [2.45, 2.75) is 109 Å². The highest BCUT2D eigenvalue weighted by Gasteiger charge is 2.44. The number of nitriles is 1. The van der Waals surface area contributed by atoms with Gasteiger partial charge in [0.05, 0.1) is 46.4 Å². The lowest BCUT2D eigenvalue weighted by molar-refractivity contribution is -0.144. The van der Waals surface area contributed by atoms with E-state index >= 15 is 0 Å². The van der Waals surface area contributed by atoms with Crippen molar-refractivity contribution in [2.24, 2.45) is 5.41 Å². The maximum Gasteiger partial charge on any atom is 0.246 e. The molecular weight excluding hydrogens is 887 g/mol. The summed E-state index contributed by atoms with van der Waals surface area (Å²) < 4.78 is 2.67. The molecule has 16 nitrogen and oxygen atoms in total. The molecule has 0 spiro atoms. The van der Waals surface area contributed by atoms with E-state index in [1.54, 1.807) is 16.8 Å². The summed E-state index contributed by atoms with van der Waals surface area (Å²) in [4.78, 5) is 59.9. The number of fused-ring (bicyclic) bond motifs is 1. The molecule has 5 aromatic rings. The first kappa shape index (κ1) is 45.3. The van der Waals surface area contributed by atoms with Crippen LogP contribution >= 0.6 is 27.3 Å². The zero-order chi connectivity index (χ0) is 45.0. The van der Waals surface area contributed by atoms with Gasteiger partial charge in [0.15, 0.2) is 5.01 Å². The Morgan fingerprint density at radius 3 is 2.41 bits per heavy atom. The summed E-state index contributed by atoms with van der Waals surface area (Å²) in [5, 5.41) is 47.2. The molecule has 4 atom stereocenters. The number of anilines is 1. The Labute approximate surface area is 378 Å². The molecule has 1 saturated heterocycles. The summed E-state index contributed by atoms with van der Waals surface area (Å²) in [5.74, 6) is -1.33. The van der Waals surface area contributed by atoms with Crippen LogP contribution in [0.5, 0.6) is 0 Å². The normalized spacial score (nSPS) is 19.8. The molecule has 18 heteroatoms. The predicted octanol–water partition coefficient (Wildman–Crippen LogP) is 5.88. The van der Waals surface area contributed by atoms with E-state index in [-0.39, 0.29) is 55.6 Å². The third-order valence-electron chi connectivity index (χ3n) is 11.8. The molecule has 1 saturated carbocycles. The largest absolute Gasteiger partial charge is 0.391 e. The number of hydrogen-bond donors (Lipinski definition) is 5. The number of amides is 4. The molecule has 0 unspecified atom stereocenters. The Morgan fingerprint density at radius 2 is 1.71 bits per heavy atom. The lowest BCUT2D eigenvalue weighted by atomic mass is 9.85. The molecule has 1 aromatic carbocycles. The third kappa shape index (κ3) is 10.5. The molecular formula is C45H52BrN11O5S. The second kappa shape index (κ2) is 19.3. The highest BCUT2D eigenvalue weighted by atomic mass is 79.9. The first-order valence-corrected chi connectivity index (χ1v) is 22.8. The van der Waals surface area contributed by atoms with E-state index < -0.39 is 35.4 Å². The van der Waals surface area contributed by atoms with Crippen LogP contribution < -0.4 is 21.3 Å². The van der Waals surface area contributed by atoms with E-state index in [9.17, 15) is 29.5 Å². The van der Waals surface area contributed by atoms with Gasteiger partial charge < -0.3 is 31.3 Å². The fourth-order valence-electron chi connectivity index (χ4n) is 8.24. The van der Waals surface area contributed by atoms with Crippen LogP contribution in [0.25, 0.3) is 27.5 Å². The van der Waals surface area contributed by atoms with Gasteiger partial charge in [0.1, 0.15) is 23.2 Å². The number of nitrogens with zero attached hydrogens (tertiary/aromatic N) is 7. The van der Waals surface area contributed by atoms with Crippen LogP contribution in [0.4, 0.5) is 5.69 Å². The first-order chi connectivity index (χ1) is 30.1. The molecule has 5 N–H and O–H groups in total. The smallest absolute Gasteiger partial charge is 0.246 e. The zero-order valence-corrected chi connectivity index (χ0v) is 38.3. The van der Waals surface area contributed by atoms with Gasteiger partial charge in [-0.05, 0) is 80.0 Å². The minimum Gasteiger partial charge on any atom is -0.391 e. The Bertz CT molecular complexity index is 2520. The molecule has 1 aliphatic carbocycles. The number of rotatable bonds is 13. The maximum absolute atomic E-state index is 14.0. The lowest BCUT2D eigenvalue weighted by Gasteiger charge is -2.35. The topological polar surface area (TPSA) is 220 Å². The average molecular weight is 939 g/mol. The second-order valence-corrected chi connectivity index (χ2v) is 19.3. The highest BCUT2D eigenvalue weighted by molar-refractivity contribution is 9.10. The van der Waals surface area contributed by atoms with E-state index in [2.05, 4.69) is 58.6 Å². The molecule has 63 heavy (non-hydrogen) atoms. The predicted molar refractivity (Wildman–Crippen MR) is 242 cm³/mol. The average Bonchev–Trinajstić information content (AvgIpc) is 4.03. The second-order valence-electron chi connectivity index (χ2n) is 17.4. The van der Waals surface area contributed by atoms with Crippen molar-refractivity contribution in [2.75, 3.05) is 18.9 Å². The number of carbonyl (C=O) groups excluding carboxylic acids is 4. The maximum atomic E-state index is 14.0. The van der Waals surface area contributed by atoms with Gasteiger partial charge in [-0.1, -0.05) is 60.2 Å². The van der Waals surface area contributed by atoms with E-state index in [0.29, 0.717) is 11.3 Å². The van der Waals surface area contributed by atoms with Gasteiger partial charge in [0, 0.05) is 61.2 Å². The van der Waals surface area contributed by atoms with Crippen LogP contribution in [-0.2, 0) is 19.2 Å². The van der Waals surface area contributed by atoms with Crippen LogP contribution in [-0.4, -0.2) is 96.3 Å². The molecule has 1 aliphatic heterocycles. The zero-order valence-electron chi connectivity index (χ0n) is 35.9. The van der Waals surface area contributed by atoms with Crippen molar-refractivity contribution in [3.63, 3.8) is 0 Å². The summed E-state index contributed by atoms with van der Waals surface area (Å²) in [6.07, 6.45) is 5.51. The van der Waals surface area contributed by atoms with Gasteiger partial charge in [-0.3, -0.25) is 24.2 Å². The number of nitrogens with one attached hydrogen (secondary N) is 4. The van der Waals surface area contributed by atoms with Gasteiger partial charge in [-0.2, -0.15) is 10.4 Å². The number of benzene rings is 1. The fraction of sp³-hybridized carbons (Fsp3) is 0.444. The Kier molecular flexibility index (Phi) is 13.9. The molecule has 4 aromatic heterocycles. The molecule has 7 rings (SSSR count). The van der Waals surface area contributed by atoms with Crippen LogP contribution in [0.1, 0.15) is 101 Å². The van der Waals surface area contributed by atoms with Crippen LogP contribution in [0.15, 0.2) is 65.4 Å². The molecule has 330 valence electrons. The highest BCUT2D eigenvalue weighted by Crippen LogP contribution is 2.39.